The highest BCUT2D eigenvalue weighted by Gasteiger charge is 2.72. The Kier molecular flexibility index (Phi) is 3.93. The van der Waals surface area contributed by atoms with E-state index in [0.29, 0.717) is 17.8 Å². The fraction of sp³-hybridized carbons (Fsp3) is 0.714. The molecule has 0 unspecified atom stereocenters. The molecule has 0 bridgehead atoms. The second kappa shape index (κ2) is 5.67. The van der Waals surface area contributed by atoms with Crippen LogP contribution in [-0.2, 0) is 19.1 Å². The predicted molar refractivity (Wildman–Crippen MR) is 96.2 cm³/mol. The van der Waals surface area contributed by atoms with Gasteiger partial charge in [0.15, 0.2) is 5.76 Å². The zero-order valence-corrected chi connectivity index (χ0v) is 16.3. The van der Waals surface area contributed by atoms with Crippen molar-refractivity contribution < 1.29 is 29.3 Å². The van der Waals surface area contributed by atoms with Crippen LogP contribution < -0.4 is 0 Å². The number of carbonyl (C=O) groups is 2. The monoisotopic (exact) mass is 376 g/mol. The first-order valence-electron chi connectivity index (χ1n) is 9.63. The van der Waals surface area contributed by atoms with Gasteiger partial charge in [0.05, 0.1) is 19.6 Å². The van der Waals surface area contributed by atoms with Crippen LogP contribution in [0.4, 0.5) is 0 Å². The molecule has 148 valence electrons. The van der Waals surface area contributed by atoms with Crippen molar-refractivity contribution in [2.45, 2.75) is 51.9 Å². The van der Waals surface area contributed by atoms with Gasteiger partial charge in [0.1, 0.15) is 12.2 Å². The van der Waals surface area contributed by atoms with Crippen molar-refractivity contribution in [3.05, 3.63) is 24.0 Å². The van der Waals surface area contributed by atoms with Gasteiger partial charge in [-0.3, -0.25) is 9.59 Å². The van der Waals surface area contributed by atoms with E-state index in [2.05, 4.69) is 6.58 Å². The highest BCUT2D eigenvalue weighted by molar-refractivity contribution is 5.99. The van der Waals surface area contributed by atoms with Gasteiger partial charge in [-0.2, -0.15) is 0 Å². The summed E-state index contributed by atoms with van der Waals surface area (Å²) in [5, 5.41) is 21.9. The van der Waals surface area contributed by atoms with Crippen molar-refractivity contribution in [3.8, 4) is 0 Å². The summed E-state index contributed by atoms with van der Waals surface area (Å²) in [6.07, 6.45) is -0.262. The minimum Gasteiger partial charge on any atom is -0.493 e. The van der Waals surface area contributed by atoms with Gasteiger partial charge in [-0.1, -0.05) is 27.4 Å². The molecule has 6 nitrogen and oxygen atoms in total. The quantitative estimate of drug-likeness (QED) is 0.533. The minimum atomic E-state index is -1.17. The van der Waals surface area contributed by atoms with Crippen LogP contribution in [0.1, 0.15) is 33.6 Å². The molecule has 0 aromatic rings. The van der Waals surface area contributed by atoms with E-state index in [1.807, 2.05) is 26.8 Å². The van der Waals surface area contributed by atoms with E-state index in [0.717, 1.165) is 0 Å². The molecular weight excluding hydrogens is 348 g/mol. The van der Waals surface area contributed by atoms with Gasteiger partial charge < -0.3 is 19.7 Å². The van der Waals surface area contributed by atoms with Gasteiger partial charge in [-0.25, -0.2) is 0 Å². The number of methoxy groups -OCH3 is 1. The second-order valence-corrected chi connectivity index (χ2v) is 9.14. The van der Waals surface area contributed by atoms with Gasteiger partial charge >= 0.3 is 5.97 Å². The predicted octanol–water partition coefficient (Wildman–Crippen LogP) is 1.61. The summed E-state index contributed by atoms with van der Waals surface area (Å²) < 4.78 is 11.1. The number of aliphatic hydroxyl groups is 2. The molecule has 0 radical (unpaired) electrons. The molecule has 2 N–H and O–H groups in total. The molecule has 3 aliphatic carbocycles. The molecule has 4 rings (SSSR count). The van der Waals surface area contributed by atoms with Gasteiger partial charge in [0, 0.05) is 22.7 Å². The van der Waals surface area contributed by atoms with E-state index < -0.39 is 35.1 Å². The van der Waals surface area contributed by atoms with Crippen LogP contribution in [0, 0.1) is 34.5 Å². The molecule has 1 heterocycles. The molecule has 4 aliphatic rings. The molecule has 1 aliphatic heterocycles. The number of aliphatic hydroxyl groups excluding tert-OH is 2. The summed E-state index contributed by atoms with van der Waals surface area (Å²) >= 11 is 0. The van der Waals surface area contributed by atoms with Crippen LogP contribution >= 0.6 is 0 Å². The second-order valence-electron chi connectivity index (χ2n) is 9.14. The zero-order chi connectivity index (χ0) is 19.9. The summed E-state index contributed by atoms with van der Waals surface area (Å²) in [5.41, 5.74) is -1.13. The molecule has 1 saturated heterocycles. The van der Waals surface area contributed by atoms with E-state index in [4.69, 9.17) is 9.47 Å². The topological polar surface area (TPSA) is 93.1 Å². The maximum absolute atomic E-state index is 13.5. The fourth-order valence-electron chi connectivity index (χ4n) is 6.80. The minimum absolute atomic E-state index is 0.0146. The number of fused-ring (bicyclic) bond motifs is 2. The van der Waals surface area contributed by atoms with Crippen molar-refractivity contribution in [1.82, 2.24) is 0 Å². The lowest BCUT2D eigenvalue weighted by atomic mass is 9.39. The molecule has 0 amide bonds. The van der Waals surface area contributed by atoms with E-state index in [9.17, 15) is 19.8 Å². The zero-order valence-electron chi connectivity index (χ0n) is 16.3. The Bertz CT molecular complexity index is 756. The number of allylic oxidation sites excluding steroid dienone is 2. The fourth-order valence-corrected chi connectivity index (χ4v) is 6.80. The Hall–Kier alpha value is -1.66. The average Bonchev–Trinajstić information content (AvgIpc) is 2.61. The number of rotatable bonds is 1. The van der Waals surface area contributed by atoms with E-state index in [-0.39, 0.29) is 35.9 Å². The Labute approximate surface area is 159 Å². The lowest BCUT2D eigenvalue weighted by molar-refractivity contribution is -0.250. The van der Waals surface area contributed by atoms with Crippen molar-refractivity contribution in [2.24, 2.45) is 34.5 Å². The van der Waals surface area contributed by atoms with Crippen molar-refractivity contribution in [2.75, 3.05) is 7.11 Å². The summed E-state index contributed by atoms with van der Waals surface area (Å²) in [6, 6.07) is 0. The molecule has 6 heteroatoms. The number of carbonyl (C=O) groups excluding carboxylic acids is 2. The van der Waals surface area contributed by atoms with Crippen LogP contribution in [0.25, 0.3) is 0 Å². The molecule has 0 aromatic heterocycles. The maximum Gasteiger partial charge on any atom is 0.306 e. The Balaban J connectivity index is 1.94. The SMILES string of the molecule is C=C1[C@@H](O)[C@@H](O)[C@@H]2[C@@]3(C)C(=O)C(OC)=C[C@@H](C)[C@@H]3C[C@H]3OC(=O)C[C@@H]1[C@@]23C. The molecule has 0 aromatic carbocycles. The molecular formula is C21H28O6. The Morgan fingerprint density at radius 3 is 2.59 bits per heavy atom. The highest BCUT2D eigenvalue weighted by Crippen LogP contribution is 2.67. The number of hydrogen-bond donors (Lipinski definition) is 2. The van der Waals surface area contributed by atoms with Crippen LogP contribution in [0.2, 0.25) is 0 Å². The standard InChI is InChI=1S/C21H28O6/c1-9-6-13(26-5)19(25)21(4)11(9)7-14-20(3)12(8-15(22)27-14)10(2)16(23)17(24)18(20)21/h6,9,11-12,14,16-18,23-24H,2,7-8H2,1,3-5H3/t9-,11+,12+,14-,16-,17-,18+,20-,21+/m1/s1. The average molecular weight is 376 g/mol. The highest BCUT2D eigenvalue weighted by atomic mass is 16.5. The molecule has 3 fully saturated rings. The normalized spacial score (nSPS) is 51.7. The van der Waals surface area contributed by atoms with Gasteiger partial charge in [0.2, 0.25) is 5.78 Å². The molecule has 0 spiro atoms. The van der Waals surface area contributed by atoms with E-state index in [1.165, 1.54) is 7.11 Å². The summed E-state index contributed by atoms with van der Waals surface area (Å²) in [5.74, 6) is -1.15. The Morgan fingerprint density at radius 2 is 1.96 bits per heavy atom. The summed E-state index contributed by atoms with van der Waals surface area (Å²) in [7, 11) is 1.48. The van der Waals surface area contributed by atoms with Crippen molar-refractivity contribution in [1.29, 1.82) is 0 Å². The van der Waals surface area contributed by atoms with Crippen molar-refractivity contribution in [3.63, 3.8) is 0 Å². The number of hydrogen-bond acceptors (Lipinski definition) is 6. The lowest BCUT2D eigenvalue weighted by Crippen LogP contribution is -2.72. The van der Waals surface area contributed by atoms with Crippen LogP contribution in [0.3, 0.4) is 0 Å². The maximum atomic E-state index is 13.5. The van der Waals surface area contributed by atoms with Crippen LogP contribution in [0.15, 0.2) is 24.0 Å². The first-order valence-corrected chi connectivity index (χ1v) is 9.63. The summed E-state index contributed by atoms with van der Waals surface area (Å²) in [4.78, 5) is 25.7. The number of Topliss-reactive ketones (excluding diaryl/α,β-unsaturated/α-hetero) is 1. The first-order chi connectivity index (χ1) is 12.6. The number of esters is 1. The Morgan fingerprint density at radius 1 is 1.30 bits per heavy atom. The first kappa shape index (κ1) is 18.7. The molecule has 9 atom stereocenters. The third-order valence-corrected chi connectivity index (χ3v) is 8.12. The van der Waals surface area contributed by atoms with Gasteiger partial charge in [0.25, 0.3) is 0 Å². The van der Waals surface area contributed by atoms with Gasteiger partial charge in [-0.15, -0.1) is 0 Å². The smallest absolute Gasteiger partial charge is 0.306 e. The largest absolute Gasteiger partial charge is 0.493 e. The number of ether oxygens (including phenoxy) is 2. The van der Waals surface area contributed by atoms with Gasteiger partial charge in [-0.05, 0) is 29.9 Å². The summed E-state index contributed by atoms with van der Waals surface area (Å²) in [6.45, 7) is 9.86. The van der Waals surface area contributed by atoms with E-state index >= 15 is 0 Å². The lowest BCUT2D eigenvalue weighted by Gasteiger charge is -2.67. The van der Waals surface area contributed by atoms with E-state index in [1.54, 1.807) is 0 Å². The third kappa shape index (κ3) is 2.08. The molecule has 27 heavy (non-hydrogen) atoms. The molecule has 2 saturated carbocycles. The third-order valence-electron chi connectivity index (χ3n) is 8.12. The van der Waals surface area contributed by atoms with Crippen LogP contribution in [-0.4, -0.2) is 47.4 Å². The van der Waals surface area contributed by atoms with Crippen molar-refractivity contribution >= 4 is 11.8 Å². The number of ketones is 1. The van der Waals surface area contributed by atoms with Crippen LogP contribution in [0.5, 0.6) is 0 Å².